The van der Waals surface area contributed by atoms with Crippen LogP contribution in [0.1, 0.15) is 50.5 Å². The quantitative estimate of drug-likeness (QED) is 0.529. The molecule has 0 spiro atoms. The van der Waals surface area contributed by atoms with Crippen LogP contribution in [0.3, 0.4) is 0 Å². The molecule has 0 aliphatic carbocycles. The van der Waals surface area contributed by atoms with Crippen molar-refractivity contribution >= 4 is 27.5 Å². The molecule has 0 radical (unpaired) electrons. The van der Waals surface area contributed by atoms with Crippen molar-refractivity contribution in [2.24, 2.45) is 5.73 Å². The molecule has 10 heteroatoms. The number of thiazole rings is 1. The van der Waals surface area contributed by atoms with Gasteiger partial charge in [0.05, 0.1) is 5.01 Å². The SMILES string of the molecule is CCCc1nc(-c2ccc(Cn3ccnc3C(C)(C)C)cc2)c(S(=O)(=O)OC(N)=O)s1. The molecular formula is C21H26N4O4S2. The van der Waals surface area contributed by atoms with Gasteiger partial charge in [0, 0.05) is 29.9 Å². The van der Waals surface area contributed by atoms with Gasteiger partial charge in [-0.05, 0) is 18.4 Å². The van der Waals surface area contributed by atoms with E-state index in [1.165, 1.54) is 0 Å². The Balaban J connectivity index is 1.94. The first-order valence-electron chi connectivity index (χ1n) is 9.86. The highest BCUT2D eigenvalue weighted by Crippen LogP contribution is 2.34. The molecule has 166 valence electrons. The maximum atomic E-state index is 12.5. The van der Waals surface area contributed by atoms with Gasteiger partial charge >= 0.3 is 16.2 Å². The van der Waals surface area contributed by atoms with Crippen LogP contribution in [-0.4, -0.2) is 29.0 Å². The molecule has 0 atom stereocenters. The average molecular weight is 463 g/mol. The highest BCUT2D eigenvalue weighted by Gasteiger charge is 2.28. The van der Waals surface area contributed by atoms with Crippen molar-refractivity contribution in [3.63, 3.8) is 0 Å². The minimum Gasteiger partial charge on any atom is -0.334 e. The molecule has 0 bridgehead atoms. The number of rotatable bonds is 7. The van der Waals surface area contributed by atoms with Crippen LogP contribution in [0.2, 0.25) is 0 Å². The number of nitrogens with zero attached hydrogens (tertiary/aromatic N) is 3. The van der Waals surface area contributed by atoms with E-state index in [0.29, 0.717) is 23.5 Å². The van der Waals surface area contributed by atoms with Crippen molar-refractivity contribution in [3.05, 3.63) is 53.1 Å². The third kappa shape index (κ3) is 5.31. The largest absolute Gasteiger partial charge is 0.420 e. The number of imidazole rings is 1. The van der Waals surface area contributed by atoms with Crippen molar-refractivity contribution in [2.75, 3.05) is 0 Å². The maximum absolute atomic E-state index is 12.5. The Hall–Kier alpha value is -2.72. The van der Waals surface area contributed by atoms with Crippen LogP contribution >= 0.6 is 11.3 Å². The molecule has 31 heavy (non-hydrogen) atoms. The summed E-state index contributed by atoms with van der Waals surface area (Å²) < 4.78 is 31.4. The van der Waals surface area contributed by atoms with Gasteiger partial charge in [-0.3, -0.25) is 0 Å². The second-order valence-corrected chi connectivity index (χ2v) is 11.0. The van der Waals surface area contributed by atoms with Gasteiger partial charge in [-0.1, -0.05) is 52.0 Å². The molecule has 0 aliphatic heterocycles. The minimum absolute atomic E-state index is 0.0800. The molecule has 3 aromatic rings. The molecule has 2 N–H and O–H groups in total. The molecule has 0 saturated carbocycles. The van der Waals surface area contributed by atoms with Crippen LogP contribution in [0.4, 0.5) is 4.79 Å². The highest BCUT2D eigenvalue weighted by atomic mass is 32.3. The van der Waals surface area contributed by atoms with Gasteiger partial charge in [0.1, 0.15) is 11.5 Å². The van der Waals surface area contributed by atoms with Gasteiger partial charge in [-0.2, -0.15) is 8.42 Å². The average Bonchev–Trinajstić information content (AvgIpc) is 3.29. The molecule has 1 amide bonds. The molecule has 0 fully saturated rings. The molecule has 0 saturated heterocycles. The number of aryl methyl sites for hydroxylation is 1. The van der Waals surface area contributed by atoms with Crippen LogP contribution in [0, 0.1) is 0 Å². The van der Waals surface area contributed by atoms with E-state index in [2.05, 4.69) is 39.5 Å². The first-order chi connectivity index (χ1) is 14.5. The predicted octanol–water partition coefficient (Wildman–Crippen LogP) is 4.09. The Kier molecular flexibility index (Phi) is 6.51. The zero-order valence-corrected chi connectivity index (χ0v) is 19.6. The smallest absolute Gasteiger partial charge is 0.334 e. The van der Waals surface area contributed by atoms with Crippen molar-refractivity contribution < 1.29 is 17.4 Å². The Morgan fingerprint density at radius 3 is 2.48 bits per heavy atom. The summed E-state index contributed by atoms with van der Waals surface area (Å²) in [5.74, 6) is 0.984. The number of primary amides is 1. The van der Waals surface area contributed by atoms with E-state index in [4.69, 9.17) is 5.73 Å². The topological polar surface area (TPSA) is 117 Å². The second kappa shape index (κ2) is 8.80. The number of hydrogen-bond donors (Lipinski definition) is 1. The van der Waals surface area contributed by atoms with Crippen molar-refractivity contribution in [3.8, 4) is 11.3 Å². The summed E-state index contributed by atoms with van der Waals surface area (Å²) >= 11 is 0.996. The monoisotopic (exact) mass is 462 g/mol. The second-order valence-electron chi connectivity index (χ2n) is 8.18. The van der Waals surface area contributed by atoms with Crippen LogP contribution in [0.5, 0.6) is 0 Å². The van der Waals surface area contributed by atoms with Crippen LogP contribution in [0.25, 0.3) is 11.3 Å². The van der Waals surface area contributed by atoms with E-state index in [1.54, 1.807) is 6.20 Å². The molecule has 0 aliphatic rings. The lowest BCUT2D eigenvalue weighted by Crippen LogP contribution is -2.19. The fourth-order valence-electron chi connectivity index (χ4n) is 3.21. The number of hydrogen-bond acceptors (Lipinski definition) is 7. The lowest BCUT2D eigenvalue weighted by Gasteiger charge is -2.19. The molecular weight excluding hydrogens is 436 g/mol. The van der Waals surface area contributed by atoms with Crippen molar-refractivity contribution in [1.29, 1.82) is 0 Å². The van der Waals surface area contributed by atoms with E-state index in [1.807, 2.05) is 37.4 Å². The summed E-state index contributed by atoms with van der Waals surface area (Å²) in [5, 5.41) is 0.654. The number of amides is 1. The summed E-state index contributed by atoms with van der Waals surface area (Å²) in [6.07, 6.45) is 3.79. The normalized spacial score (nSPS) is 12.1. The summed E-state index contributed by atoms with van der Waals surface area (Å²) in [4.78, 5) is 20.0. The zero-order valence-electron chi connectivity index (χ0n) is 18.0. The number of carbonyl (C=O) groups excluding carboxylic acids is 1. The van der Waals surface area contributed by atoms with E-state index in [9.17, 15) is 13.2 Å². The first kappa shape index (κ1) is 23.0. The highest BCUT2D eigenvalue weighted by molar-refractivity contribution is 7.89. The molecule has 0 unspecified atom stereocenters. The number of aromatic nitrogens is 3. The van der Waals surface area contributed by atoms with E-state index < -0.39 is 16.2 Å². The summed E-state index contributed by atoms with van der Waals surface area (Å²) in [6.45, 7) is 8.95. The summed E-state index contributed by atoms with van der Waals surface area (Å²) in [6, 6.07) is 7.48. The van der Waals surface area contributed by atoms with Gasteiger partial charge in [-0.15, -0.1) is 11.3 Å². The number of benzene rings is 1. The van der Waals surface area contributed by atoms with Gasteiger partial charge in [0.2, 0.25) is 0 Å². The summed E-state index contributed by atoms with van der Waals surface area (Å²) in [7, 11) is -4.34. The van der Waals surface area contributed by atoms with Crippen molar-refractivity contribution in [2.45, 2.75) is 56.7 Å². The number of carbonyl (C=O) groups is 1. The Morgan fingerprint density at radius 1 is 1.23 bits per heavy atom. The van der Waals surface area contributed by atoms with E-state index >= 15 is 0 Å². The van der Waals surface area contributed by atoms with Crippen LogP contribution in [0.15, 0.2) is 40.9 Å². The molecule has 1 aromatic carbocycles. The van der Waals surface area contributed by atoms with Crippen LogP contribution in [-0.2, 0) is 32.7 Å². The number of nitrogens with two attached hydrogens (primary N) is 1. The van der Waals surface area contributed by atoms with E-state index in [0.717, 1.165) is 29.1 Å². The lowest BCUT2D eigenvalue weighted by atomic mass is 9.95. The fourth-order valence-corrected chi connectivity index (χ4v) is 5.62. The Labute approximate surface area is 186 Å². The minimum atomic E-state index is -4.34. The van der Waals surface area contributed by atoms with Crippen molar-refractivity contribution in [1.82, 2.24) is 14.5 Å². The standard InChI is InChI=1S/C21H26N4O4S2/c1-5-6-16-24-17(18(30-16)31(27,28)29-20(22)26)15-9-7-14(8-10-15)13-25-12-11-23-19(25)21(2,3)4/h7-12H,5-6,13H2,1-4H3,(H2,22,26). The Morgan fingerprint density at radius 2 is 1.90 bits per heavy atom. The molecule has 8 nitrogen and oxygen atoms in total. The summed E-state index contributed by atoms with van der Waals surface area (Å²) in [5.41, 5.74) is 6.77. The van der Waals surface area contributed by atoms with Gasteiger partial charge in [-0.25, -0.2) is 14.8 Å². The predicted molar refractivity (Wildman–Crippen MR) is 119 cm³/mol. The van der Waals surface area contributed by atoms with Gasteiger partial charge in [0.25, 0.3) is 0 Å². The fraction of sp³-hybridized carbons (Fsp3) is 0.381. The first-order valence-corrected chi connectivity index (χ1v) is 12.1. The molecule has 2 heterocycles. The van der Waals surface area contributed by atoms with E-state index in [-0.39, 0.29) is 15.3 Å². The third-order valence-corrected chi connectivity index (χ3v) is 7.29. The van der Waals surface area contributed by atoms with Crippen LogP contribution < -0.4 is 5.73 Å². The maximum Gasteiger partial charge on any atom is 0.420 e. The zero-order chi connectivity index (χ0) is 22.8. The molecule has 2 aromatic heterocycles. The third-order valence-electron chi connectivity index (χ3n) is 4.49. The Bertz CT molecular complexity index is 1170. The van der Waals surface area contributed by atoms with Gasteiger partial charge in [0.15, 0.2) is 4.21 Å². The lowest BCUT2D eigenvalue weighted by molar-refractivity contribution is 0.213. The van der Waals surface area contributed by atoms with Gasteiger partial charge < -0.3 is 14.5 Å². The molecule has 3 rings (SSSR count).